The summed E-state index contributed by atoms with van der Waals surface area (Å²) in [5, 5.41) is 15.6. The largest absolute Gasteiger partial charge is 0.480 e. The first kappa shape index (κ1) is 28.6. The number of rotatable bonds is 14. The van der Waals surface area contributed by atoms with E-state index in [1.165, 1.54) is 18.6 Å². The predicted molar refractivity (Wildman–Crippen MR) is 134 cm³/mol. The number of carbonyl (C=O) groups is 1. The maximum atomic E-state index is 13.1. The number of hydrogen-bond acceptors (Lipinski definition) is 8. The van der Waals surface area contributed by atoms with Gasteiger partial charge in [0.1, 0.15) is 17.7 Å². The topological polar surface area (TPSA) is 113 Å². The van der Waals surface area contributed by atoms with Crippen LogP contribution in [0.1, 0.15) is 48.5 Å². The van der Waals surface area contributed by atoms with E-state index in [1.807, 2.05) is 0 Å². The molecule has 0 saturated heterocycles. The molecule has 3 N–H and O–H groups in total. The Labute approximate surface area is 214 Å². The minimum Gasteiger partial charge on any atom is -0.480 e. The van der Waals surface area contributed by atoms with Crippen molar-refractivity contribution >= 4 is 17.6 Å². The molecule has 0 saturated carbocycles. The average molecular weight is 525 g/mol. The van der Waals surface area contributed by atoms with E-state index >= 15 is 0 Å². The fraction of sp³-hybridized carbons (Fsp3) is 0.600. The number of aliphatic carboxylic acids is 1. The van der Waals surface area contributed by atoms with Crippen LogP contribution in [0.5, 0.6) is 0 Å². The van der Waals surface area contributed by atoms with Gasteiger partial charge in [0.05, 0.1) is 6.61 Å². The van der Waals surface area contributed by atoms with E-state index in [9.17, 15) is 23.1 Å². The van der Waals surface area contributed by atoms with E-state index in [4.69, 9.17) is 9.72 Å². The second-order valence-corrected chi connectivity index (χ2v) is 9.17. The Hall–Kier alpha value is -2.99. The van der Waals surface area contributed by atoms with Gasteiger partial charge in [0.25, 0.3) is 0 Å². The number of anilines is 2. The van der Waals surface area contributed by atoms with Crippen molar-refractivity contribution < 1.29 is 27.8 Å². The standard InChI is InChI=1S/C25H35F3N6O3/c1-17-16-21(33-24(30-17)25(26,27)28)32-20(23(35)36)10-13-34(14-15-37-2)12-4-3-7-19-9-8-18-6-5-11-29-22(18)31-19/h8-9,16,20H,3-7,10-15H2,1-2H3,(H,29,31)(H,35,36)(H,30,32,33). The summed E-state index contributed by atoms with van der Waals surface area (Å²) in [5.74, 6) is -1.64. The number of aromatic nitrogens is 3. The van der Waals surface area contributed by atoms with Crippen LogP contribution in [0.15, 0.2) is 18.2 Å². The summed E-state index contributed by atoms with van der Waals surface area (Å²) in [7, 11) is 1.60. The molecular weight excluding hydrogens is 489 g/mol. The lowest BCUT2D eigenvalue weighted by atomic mass is 10.1. The number of pyridine rings is 1. The fourth-order valence-electron chi connectivity index (χ4n) is 4.22. The molecule has 0 fully saturated rings. The van der Waals surface area contributed by atoms with E-state index in [0.717, 1.165) is 56.7 Å². The van der Waals surface area contributed by atoms with E-state index in [-0.39, 0.29) is 17.9 Å². The third-order valence-electron chi connectivity index (χ3n) is 6.18. The number of nitrogens with zero attached hydrogens (tertiary/aromatic N) is 4. The summed E-state index contributed by atoms with van der Waals surface area (Å²) in [6, 6.07) is 4.42. The van der Waals surface area contributed by atoms with Crippen LogP contribution in [0, 0.1) is 6.92 Å². The number of ether oxygens (including phenoxy) is 1. The van der Waals surface area contributed by atoms with Crippen LogP contribution in [-0.4, -0.2) is 76.9 Å². The van der Waals surface area contributed by atoms with Crippen molar-refractivity contribution in [2.24, 2.45) is 0 Å². The number of aryl methyl sites for hydroxylation is 3. The first-order valence-corrected chi connectivity index (χ1v) is 12.5. The lowest BCUT2D eigenvalue weighted by molar-refractivity contribution is -0.145. The number of carboxylic acids is 1. The van der Waals surface area contributed by atoms with Gasteiger partial charge in [-0.3, -0.25) is 0 Å². The molecule has 9 nitrogen and oxygen atoms in total. The summed E-state index contributed by atoms with van der Waals surface area (Å²) in [4.78, 5) is 25.5. The number of fused-ring (bicyclic) bond motifs is 1. The molecule has 0 aliphatic carbocycles. The summed E-state index contributed by atoms with van der Waals surface area (Å²) in [6.07, 6.45) is 0.302. The molecule has 0 radical (unpaired) electrons. The smallest absolute Gasteiger partial charge is 0.451 e. The quantitative estimate of drug-likeness (QED) is 0.318. The molecule has 0 bridgehead atoms. The molecule has 1 aliphatic heterocycles. The zero-order chi connectivity index (χ0) is 26.8. The van der Waals surface area contributed by atoms with Crippen LogP contribution < -0.4 is 10.6 Å². The molecule has 2 aromatic rings. The van der Waals surface area contributed by atoms with E-state index in [2.05, 4.69) is 37.6 Å². The first-order valence-electron chi connectivity index (χ1n) is 12.5. The van der Waals surface area contributed by atoms with Crippen LogP contribution in [0.25, 0.3) is 0 Å². The molecule has 3 heterocycles. The normalized spacial score (nSPS) is 14.2. The SMILES string of the molecule is COCCN(CCCCc1ccc2c(n1)NCCC2)CCC(Nc1cc(C)nc(C(F)(F)F)n1)C(=O)O. The van der Waals surface area contributed by atoms with Gasteiger partial charge in [-0.15, -0.1) is 0 Å². The van der Waals surface area contributed by atoms with Crippen molar-refractivity contribution in [1.82, 2.24) is 19.9 Å². The number of halogens is 3. The first-order chi connectivity index (χ1) is 17.7. The van der Waals surface area contributed by atoms with Crippen molar-refractivity contribution in [3.63, 3.8) is 0 Å². The Balaban J connectivity index is 1.53. The van der Waals surface area contributed by atoms with Gasteiger partial charge < -0.3 is 25.4 Å². The number of nitrogens with one attached hydrogen (secondary N) is 2. The van der Waals surface area contributed by atoms with Gasteiger partial charge >= 0.3 is 12.1 Å². The number of unbranched alkanes of at least 4 members (excludes halogenated alkanes) is 1. The van der Waals surface area contributed by atoms with Crippen LogP contribution in [-0.2, 0) is 28.5 Å². The van der Waals surface area contributed by atoms with Crippen molar-refractivity contribution in [3.8, 4) is 0 Å². The Morgan fingerprint density at radius 3 is 2.76 bits per heavy atom. The lowest BCUT2D eigenvalue weighted by Crippen LogP contribution is -2.37. The van der Waals surface area contributed by atoms with Crippen molar-refractivity contribution in [3.05, 3.63) is 41.0 Å². The third-order valence-corrected chi connectivity index (χ3v) is 6.18. The number of hydrogen-bond donors (Lipinski definition) is 3. The van der Waals surface area contributed by atoms with Crippen molar-refractivity contribution in [2.45, 2.75) is 57.7 Å². The summed E-state index contributed by atoms with van der Waals surface area (Å²) < 4.78 is 44.4. The average Bonchev–Trinajstić information content (AvgIpc) is 2.85. The number of alkyl halides is 3. The molecule has 1 atom stereocenters. The van der Waals surface area contributed by atoms with Crippen LogP contribution >= 0.6 is 0 Å². The molecule has 0 spiro atoms. The monoisotopic (exact) mass is 524 g/mol. The van der Waals surface area contributed by atoms with Gasteiger partial charge in [0.2, 0.25) is 5.82 Å². The molecule has 2 aromatic heterocycles. The molecule has 3 rings (SSSR count). The maximum Gasteiger partial charge on any atom is 0.451 e. The van der Waals surface area contributed by atoms with Crippen LogP contribution in [0.4, 0.5) is 24.8 Å². The second-order valence-electron chi connectivity index (χ2n) is 9.17. The summed E-state index contributed by atoms with van der Waals surface area (Å²) in [6.45, 7) is 4.64. The molecule has 1 aliphatic rings. The van der Waals surface area contributed by atoms with Crippen LogP contribution in [0.2, 0.25) is 0 Å². The maximum absolute atomic E-state index is 13.1. The molecule has 37 heavy (non-hydrogen) atoms. The highest BCUT2D eigenvalue weighted by atomic mass is 19.4. The highest BCUT2D eigenvalue weighted by molar-refractivity contribution is 5.76. The van der Waals surface area contributed by atoms with Gasteiger partial charge in [0, 0.05) is 44.2 Å². The molecule has 0 amide bonds. The third kappa shape index (κ3) is 9.12. The van der Waals surface area contributed by atoms with Gasteiger partial charge in [-0.1, -0.05) is 6.07 Å². The predicted octanol–water partition coefficient (Wildman–Crippen LogP) is 3.78. The molecular formula is C25H35F3N6O3. The lowest BCUT2D eigenvalue weighted by Gasteiger charge is -2.24. The van der Waals surface area contributed by atoms with Gasteiger partial charge in [0.15, 0.2) is 0 Å². The van der Waals surface area contributed by atoms with Crippen molar-refractivity contribution in [1.29, 1.82) is 0 Å². The van der Waals surface area contributed by atoms with E-state index in [1.54, 1.807) is 7.11 Å². The highest BCUT2D eigenvalue weighted by Gasteiger charge is 2.35. The number of carboxylic acid groups (broad SMARTS) is 1. The van der Waals surface area contributed by atoms with E-state index < -0.39 is 24.0 Å². The minimum atomic E-state index is -4.72. The Morgan fingerprint density at radius 1 is 1.22 bits per heavy atom. The Bertz CT molecular complexity index is 1040. The van der Waals surface area contributed by atoms with Crippen LogP contribution in [0.3, 0.4) is 0 Å². The molecule has 1 unspecified atom stereocenters. The van der Waals surface area contributed by atoms with Crippen molar-refractivity contribution in [2.75, 3.05) is 50.5 Å². The Kier molecular flexibility index (Phi) is 10.4. The van der Waals surface area contributed by atoms with Gasteiger partial charge in [-0.2, -0.15) is 13.2 Å². The van der Waals surface area contributed by atoms with E-state index in [0.29, 0.717) is 19.7 Å². The zero-order valence-electron chi connectivity index (χ0n) is 21.3. The number of methoxy groups -OCH3 is 1. The van der Waals surface area contributed by atoms with Gasteiger partial charge in [-0.05, 0) is 63.6 Å². The highest BCUT2D eigenvalue weighted by Crippen LogP contribution is 2.27. The summed E-state index contributed by atoms with van der Waals surface area (Å²) in [5.41, 5.74) is 2.40. The Morgan fingerprint density at radius 2 is 2.03 bits per heavy atom. The molecule has 12 heteroatoms. The fourth-order valence-corrected chi connectivity index (χ4v) is 4.22. The summed E-state index contributed by atoms with van der Waals surface area (Å²) >= 11 is 0. The minimum absolute atomic E-state index is 0.0971. The molecule has 0 aromatic carbocycles. The zero-order valence-corrected chi connectivity index (χ0v) is 21.3. The van der Waals surface area contributed by atoms with Gasteiger partial charge in [-0.25, -0.2) is 19.7 Å². The second kappa shape index (κ2) is 13.5. The molecule has 204 valence electrons.